The van der Waals surface area contributed by atoms with Gasteiger partial charge in [0, 0.05) is 0 Å². The molecule has 3 unspecified atom stereocenters. The Morgan fingerprint density at radius 2 is 2.05 bits per heavy atom. The quantitative estimate of drug-likeness (QED) is 0.505. The van der Waals surface area contributed by atoms with E-state index in [9.17, 15) is 14.7 Å². The summed E-state index contributed by atoms with van der Waals surface area (Å²) < 4.78 is 0. The number of rotatable bonds is 11. The molecule has 0 fully saturated rings. The van der Waals surface area contributed by atoms with Crippen LogP contribution in [-0.4, -0.2) is 46.2 Å². The lowest BCUT2D eigenvalue weighted by Gasteiger charge is -2.21. The molecule has 20 heavy (non-hydrogen) atoms. The molecule has 0 heterocycles. The minimum absolute atomic E-state index is 0.358. The van der Waals surface area contributed by atoms with Crippen molar-refractivity contribution in [3.63, 3.8) is 0 Å². The first-order valence-corrected chi connectivity index (χ1v) is 8.20. The number of amides is 1. The van der Waals surface area contributed by atoms with Gasteiger partial charge in [0.15, 0.2) is 0 Å². The first kappa shape index (κ1) is 19.0. The van der Waals surface area contributed by atoms with Crippen LogP contribution < -0.4 is 5.32 Å². The van der Waals surface area contributed by atoms with E-state index >= 15 is 0 Å². The molecular weight excluding hydrogens is 278 g/mol. The molecule has 5 nitrogen and oxygen atoms in total. The number of carboxylic acids is 1. The fraction of sp³-hybridized carbons (Fsp3) is 0.714. The minimum Gasteiger partial charge on any atom is -0.480 e. The predicted octanol–water partition coefficient (Wildman–Crippen LogP) is 1.66. The number of hydrogen-bond donors (Lipinski definition) is 3. The summed E-state index contributed by atoms with van der Waals surface area (Å²) >= 11 is 1.52. The molecule has 0 aromatic carbocycles. The Balaban J connectivity index is 4.57. The summed E-state index contributed by atoms with van der Waals surface area (Å²) in [5.41, 5.74) is 0. The van der Waals surface area contributed by atoms with Crippen molar-refractivity contribution in [3.8, 4) is 0 Å². The molecule has 0 aliphatic carbocycles. The summed E-state index contributed by atoms with van der Waals surface area (Å²) in [5, 5.41) is 21.5. The number of aliphatic hydroxyl groups is 1. The van der Waals surface area contributed by atoms with Crippen molar-refractivity contribution in [2.24, 2.45) is 5.92 Å². The summed E-state index contributed by atoms with van der Waals surface area (Å²) in [6.45, 7) is 5.55. The predicted molar refractivity (Wildman–Crippen MR) is 81.8 cm³/mol. The van der Waals surface area contributed by atoms with Crippen LogP contribution in [0.15, 0.2) is 12.7 Å². The topological polar surface area (TPSA) is 86.6 Å². The Bertz CT molecular complexity index is 322. The highest BCUT2D eigenvalue weighted by molar-refractivity contribution is 7.98. The van der Waals surface area contributed by atoms with Crippen LogP contribution >= 0.6 is 11.8 Å². The van der Waals surface area contributed by atoms with E-state index in [1.54, 1.807) is 0 Å². The number of thioether (sulfide) groups is 1. The lowest BCUT2D eigenvalue weighted by Crippen LogP contribution is -2.46. The van der Waals surface area contributed by atoms with Gasteiger partial charge in [0.2, 0.25) is 5.91 Å². The van der Waals surface area contributed by atoms with Crippen LogP contribution in [0.2, 0.25) is 0 Å². The van der Waals surface area contributed by atoms with E-state index in [0.717, 1.165) is 12.8 Å². The molecule has 0 saturated carbocycles. The van der Waals surface area contributed by atoms with Crippen molar-refractivity contribution in [1.82, 2.24) is 5.32 Å². The molecular formula is C14H25NO4S. The normalized spacial score (nSPS) is 15.2. The van der Waals surface area contributed by atoms with Crippen LogP contribution in [0, 0.1) is 5.92 Å². The van der Waals surface area contributed by atoms with Gasteiger partial charge in [0.1, 0.15) is 6.04 Å². The SMILES string of the molecule is C=CC(C(=O)NC(CCSC)C(=O)O)C(O)CCCC. The summed E-state index contributed by atoms with van der Waals surface area (Å²) in [7, 11) is 0. The van der Waals surface area contributed by atoms with Crippen LogP contribution in [0.4, 0.5) is 0 Å². The molecule has 0 radical (unpaired) electrons. The zero-order chi connectivity index (χ0) is 15.5. The van der Waals surface area contributed by atoms with E-state index in [-0.39, 0.29) is 0 Å². The molecule has 3 atom stereocenters. The van der Waals surface area contributed by atoms with Gasteiger partial charge in [0.25, 0.3) is 0 Å². The van der Waals surface area contributed by atoms with Gasteiger partial charge >= 0.3 is 5.97 Å². The Labute approximate surface area is 124 Å². The van der Waals surface area contributed by atoms with Crippen molar-refractivity contribution in [2.45, 2.75) is 44.8 Å². The number of aliphatic hydroxyl groups excluding tert-OH is 1. The van der Waals surface area contributed by atoms with Gasteiger partial charge in [-0.2, -0.15) is 11.8 Å². The number of unbranched alkanes of at least 4 members (excludes halogenated alkanes) is 1. The van der Waals surface area contributed by atoms with E-state index in [1.807, 2.05) is 13.2 Å². The molecule has 0 spiro atoms. The maximum absolute atomic E-state index is 12.0. The van der Waals surface area contributed by atoms with E-state index in [2.05, 4.69) is 11.9 Å². The van der Waals surface area contributed by atoms with Gasteiger partial charge in [0.05, 0.1) is 12.0 Å². The van der Waals surface area contributed by atoms with Gasteiger partial charge < -0.3 is 15.5 Å². The molecule has 1 amide bonds. The van der Waals surface area contributed by atoms with Crippen LogP contribution in [0.3, 0.4) is 0 Å². The number of carboxylic acid groups (broad SMARTS) is 1. The van der Waals surface area contributed by atoms with E-state index in [1.165, 1.54) is 17.8 Å². The van der Waals surface area contributed by atoms with Gasteiger partial charge in [-0.25, -0.2) is 4.79 Å². The average molecular weight is 303 g/mol. The maximum atomic E-state index is 12.0. The number of carbonyl (C=O) groups excluding carboxylic acids is 1. The molecule has 0 aromatic heterocycles. The Morgan fingerprint density at radius 3 is 2.50 bits per heavy atom. The molecule has 0 aliphatic rings. The number of carbonyl (C=O) groups is 2. The van der Waals surface area contributed by atoms with Gasteiger partial charge in [-0.1, -0.05) is 25.8 Å². The number of nitrogens with one attached hydrogen (secondary N) is 1. The minimum atomic E-state index is -1.06. The molecule has 0 aromatic rings. The second kappa shape index (κ2) is 10.7. The molecule has 0 rings (SSSR count). The second-order valence-corrected chi connectivity index (χ2v) is 5.64. The molecule has 0 aliphatic heterocycles. The molecule has 0 bridgehead atoms. The summed E-state index contributed by atoms with van der Waals surface area (Å²) in [4.78, 5) is 23.1. The highest BCUT2D eigenvalue weighted by Gasteiger charge is 2.27. The fourth-order valence-corrected chi connectivity index (χ4v) is 2.26. The third-order valence-electron chi connectivity index (χ3n) is 3.05. The second-order valence-electron chi connectivity index (χ2n) is 4.65. The summed E-state index contributed by atoms with van der Waals surface area (Å²) in [5.74, 6) is -1.65. The zero-order valence-corrected chi connectivity index (χ0v) is 13.0. The summed E-state index contributed by atoms with van der Waals surface area (Å²) in [6, 6.07) is -0.921. The van der Waals surface area contributed by atoms with Crippen LogP contribution in [0.25, 0.3) is 0 Å². The van der Waals surface area contributed by atoms with E-state index in [4.69, 9.17) is 5.11 Å². The van der Waals surface area contributed by atoms with Crippen molar-refractivity contribution in [3.05, 3.63) is 12.7 Å². The number of aliphatic carboxylic acids is 1. The van der Waals surface area contributed by atoms with Gasteiger partial charge in [-0.3, -0.25) is 4.79 Å². The van der Waals surface area contributed by atoms with Crippen molar-refractivity contribution < 1.29 is 19.8 Å². The highest BCUT2D eigenvalue weighted by atomic mass is 32.2. The maximum Gasteiger partial charge on any atom is 0.326 e. The summed E-state index contributed by atoms with van der Waals surface area (Å²) in [6.07, 6.45) is 5.04. The molecule has 116 valence electrons. The standard InChI is InChI=1S/C14H25NO4S/c1-4-6-7-12(16)10(5-2)13(17)15-11(14(18)19)8-9-20-3/h5,10-12,16H,2,4,6-9H2,1,3H3,(H,15,17)(H,18,19). The first-order valence-electron chi connectivity index (χ1n) is 6.80. The van der Waals surface area contributed by atoms with Crippen LogP contribution in [0.5, 0.6) is 0 Å². The van der Waals surface area contributed by atoms with Gasteiger partial charge in [-0.15, -0.1) is 6.58 Å². The van der Waals surface area contributed by atoms with Crippen molar-refractivity contribution in [1.29, 1.82) is 0 Å². The number of hydrogen-bond acceptors (Lipinski definition) is 4. The molecule has 6 heteroatoms. The largest absolute Gasteiger partial charge is 0.480 e. The Hall–Kier alpha value is -1.01. The monoisotopic (exact) mass is 303 g/mol. The Morgan fingerprint density at radius 1 is 1.40 bits per heavy atom. The molecule has 0 saturated heterocycles. The Kier molecular flexibility index (Phi) is 10.2. The molecule has 3 N–H and O–H groups in total. The third-order valence-corrected chi connectivity index (χ3v) is 3.69. The van der Waals surface area contributed by atoms with Crippen LogP contribution in [-0.2, 0) is 9.59 Å². The van der Waals surface area contributed by atoms with Crippen molar-refractivity contribution in [2.75, 3.05) is 12.0 Å². The average Bonchev–Trinajstić information content (AvgIpc) is 2.41. The van der Waals surface area contributed by atoms with E-state index in [0.29, 0.717) is 18.6 Å². The zero-order valence-electron chi connectivity index (χ0n) is 12.2. The van der Waals surface area contributed by atoms with Crippen LogP contribution in [0.1, 0.15) is 32.6 Å². The lowest BCUT2D eigenvalue weighted by molar-refractivity contribution is -0.142. The lowest BCUT2D eigenvalue weighted by atomic mass is 9.96. The fourth-order valence-electron chi connectivity index (χ4n) is 1.79. The van der Waals surface area contributed by atoms with E-state index < -0.39 is 29.9 Å². The smallest absolute Gasteiger partial charge is 0.326 e. The van der Waals surface area contributed by atoms with Gasteiger partial charge in [-0.05, 0) is 24.9 Å². The van der Waals surface area contributed by atoms with Crippen molar-refractivity contribution >= 4 is 23.6 Å². The third kappa shape index (κ3) is 6.96. The highest BCUT2D eigenvalue weighted by Crippen LogP contribution is 2.13. The first-order chi connectivity index (χ1) is 9.47.